The van der Waals surface area contributed by atoms with Crippen molar-refractivity contribution in [3.63, 3.8) is 0 Å². The molecule has 1 N–H and O–H groups in total. The number of nitrogens with zero attached hydrogens (tertiary/aromatic N) is 3. The van der Waals surface area contributed by atoms with Crippen LogP contribution in [0.2, 0.25) is 5.02 Å². The van der Waals surface area contributed by atoms with E-state index in [9.17, 15) is 4.79 Å². The van der Waals surface area contributed by atoms with Crippen molar-refractivity contribution < 1.29 is 9.47 Å². The summed E-state index contributed by atoms with van der Waals surface area (Å²) in [5, 5.41) is 7.93. The predicted molar refractivity (Wildman–Crippen MR) is 85.3 cm³/mol. The molecule has 0 bridgehead atoms. The molecular weight excluding hydrogens is 308 g/mol. The Labute approximate surface area is 132 Å². The van der Waals surface area contributed by atoms with Gasteiger partial charge in [0.2, 0.25) is 0 Å². The number of ether oxygens (including phenoxy) is 2. The van der Waals surface area contributed by atoms with E-state index < -0.39 is 5.56 Å². The number of nitrogens with one attached hydrogen (secondary N) is 1. The van der Waals surface area contributed by atoms with E-state index in [4.69, 9.17) is 21.1 Å². The molecule has 0 aliphatic rings. The first-order valence-electron chi connectivity index (χ1n) is 6.29. The summed E-state index contributed by atoms with van der Waals surface area (Å²) in [5.74, 6) is 1.31. The highest BCUT2D eigenvalue weighted by molar-refractivity contribution is 6.32. The number of benzene rings is 1. The van der Waals surface area contributed by atoms with Crippen molar-refractivity contribution >= 4 is 23.5 Å². The summed E-state index contributed by atoms with van der Waals surface area (Å²) in [6.07, 6.45) is 2.96. The summed E-state index contributed by atoms with van der Waals surface area (Å²) < 4.78 is 11.5. The Balaban J connectivity index is 2.23. The first-order valence-corrected chi connectivity index (χ1v) is 6.67. The number of methoxy groups -OCH3 is 2. The Kier molecular flexibility index (Phi) is 5.00. The molecule has 1 heterocycles. The van der Waals surface area contributed by atoms with Crippen molar-refractivity contribution in [2.75, 3.05) is 19.6 Å². The number of halogens is 1. The summed E-state index contributed by atoms with van der Waals surface area (Å²) in [6.45, 7) is 0. The molecule has 8 heteroatoms. The highest BCUT2D eigenvalue weighted by Gasteiger charge is 2.06. The molecule has 0 aliphatic heterocycles. The minimum Gasteiger partial charge on any atom is -0.497 e. The van der Waals surface area contributed by atoms with Crippen LogP contribution in [0.1, 0.15) is 5.56 Å². The van der Waals surface area contributed by atoms with E-state index in [-0.39, 0.29) is 5.02 Å². The molecule has 2 rings (SSSR count). The van der Waals surface area contributed by atoms with Crippen LogP contribution in [0.3, 0.4) is 0 Å². The SMILES string of the molecule is COc1ccc(OC)c(/C=N\Nc2cnn(C)c(=O)c2Cl)c1. The van der Waals surface area contributed by atoms with E-state index in [1.54, 1.807) is 32.4 Å². The zero-order valence-electron chi connectivity index (χ0n) is 12.3. The molecule has 116 valence electrons. The molecule has 0 fully saturated rings. The monoisotopic (exact) mass is 322 g/mol. The minimum absolute atomic E-state index is 0.0206. The Morgan fingerprint density at radius 1 is 1.36 bits per heavy atom. The third kappa shape index (κ3) is 3.37. The molecule has 0 amide bonds. The van der Waals surface area contributed by atoms with Gasteiger partial charge in [-0.25, -0.2) is 4.68 Å². The van der Waals surface area contributed by atoms with Gasteiger partial charge in [-0.2, -0.15) is 10.2 Å². The molecule has 0 unspecified atom stereocenters. The van der Waals surface area contributed by atoms with Crippen molar-refractivity contribution in [1.82, 2.24) is 9.78 Å². The Morgan fingerprint density at radius 3 is 2.82 bits per heavy atom. The lowest BCUT2D eigenvalue weighted by Gasteiger charge is -2.07. The third-order valence-corrected chi connectivity index (χ3v) is 3.27. The van der Waals surface area contributed by atoms with Crippen LogP contribution in [0.5, 0.6) is 11.5 Å². The summed E-state index contributed by atoms with van der Waals surface area (Å²) in [6, 6.07) is 5.33. The fourth-order valence-corrected chi connectivity index (χ4v) is 1.91. The zero-order chi connectivity index (χ0) is 16.1. The average molecular weight is 323 g/mol. The second kappa shape index (κ2) is 6.95. The lowest BCUT2D eigenvalue weighted by molar-refractivity contribution is 0.402. The van der Waals surface area contributed by atoms with Crippen LogP contribution < -0.4 is 20.5 Å². The van der Waals surface area contributed by atoms with E-state index >= 15 is 0 Å². The number of anilines is 1. The smallest absolute Gasteiger partial charge is 0.287 e. The average Bonchev–Trinajstić information content (AvgIpc) is 2.54. The lowest BCUT2D eigenvalue weighted by Crippen LogP contribution is -2.20. The van der Waals surface area contributed by atoms with E-state index in [2.05, 4.69) is 15.6 Å². The summed E-state index contributed by atoms with van der Waals surface area (Å²) in [5.41, 5.74) is 3.31. The number of hydrogen-bond donors (Lipinski definition) is 1. The second-order valence-electron chi connectivity index (χ2n) is 4.28. The van der Waals surface area contributed by atoms with Gasteiger partial charge < -0.3 is 9.47 Å². The number of hydrazone groups is 1. The van der Waals surface area contributed by atoms with Gasteiger partial charge in [0.1, 0.15) is 22.2 Å². The molecule has 0 saturated carbocycles. The Bertz CT molecular complexity index is 758. The highest BCUT2D eigenvalue weighted by atomic mass is 35.5. The normalized spacial score (nSPS) is 10.7. The van der Waals surface area contributed by atoms with Crippen LogP contribution in [0.25, 0.3) is 0 Å². The maximum Gasteiger partial charge on any atom is 0.287 e. The van der Waals surface area contributed by atoms with Gasteiger partial charge >= 0.3 is 0 Å². The van der Waals surface area contributed by atoms with Gasteiger partial charge in [0.25, 0.3) is 5.56 Å². The van der Waals surface area contributed by atoms with E-state index in [0.717, 1.165) is 4.68 Å². The van der Waals surface area contributed by atoms with Gasteiger partial charge in [-0.05, 0) is 18.2 Å². The molecule has 0 radical (unpaired) electrons. The van der Waals surface area contributed by atoms with Crippen molar-refractivity contribution in [3.05, 3.63) is 45.3 Å². The first-order chi connectivity index (χ1) is 10.6. The predicted octanol–water partition coefficient (Wildman–Crippen LogP) is 1.90. The standard InChI is InChI=1S/C14H15ClN4O3/c1-19-14(20)13(15)11(8-17-19)18-16-7-9-6-10(21-2)4-5-12(9)22-3/h4-8,18H,1-3H3/b16-7-. The van der Waals surface area contributed by atoms with E-state index in [1.807, 2.05) is 0 Å². The van der Waals surface area contributed by atoms with Crippen molar-refractivity contribution in [3.8, 4) is 11.5 Å². The molecular formula is C14H15ClN4O3. The highest BCUT2D eigenvalue weighted by Crippen LogP contribution is 2.22. The van der Waals surface area contributed by atoms with Gasteiger partial charge in [-0.15, -0.1) is 0 Å². The largest absolute Gasteiger partial charge is 0.497 e. The quantitative estimate of drug-likeness (QED) is 0.672. The maximum absolute atomic E-state index is 11.6. The Morgan fingerprint density at radius 2 is 2.14 bits per heavy atom. The molecule has 1 aromatic heterocycles. The van der Waals surface area contributed by atoms with Gasteiger partial charge in [0, 0.05) is 12.6 Å². The molecule has 0 atom stereocenters. The number of aryl methyl sites for hydroxylation is 1. The number of rotatable bonds is 5. The van der Waals surface area contributed by atoms with E-state index in [1.165, 1.54) is 19.5 Å². The van der Waals surface area contributed by atoms with Crippen molar-refractivity contribution in [1.29, 1.82) is 0 Å². The summed E-state index contributed by atoms with van der Waals surface area (Å²) in [7, 11) is 4.66. The lowest BCUT2D eigenvalue weighted by atomic mass is 10.2. The van der Waals surface area contributed by atoms with E-state index in [0.29, 0.717) is 22.7 Å². The van der Waals surface area contributed by atoms with Gasteiger partial charge in [-0.3, -0.25) is 10.2 Å². The van der Waals surface area contributed by atoms with Crippen LogP contribution in [-0.4, -0.2) is 30.2 Å². The molecule has 0 spiro atoms. The fourth-order valence-electron chi connectivity index (χ4n) is 1.70. The first kappa shape index (κ1) is 15.8. The topological polar surface area (TPSA) is 77.7 Å². The number of aromatic nitrogens is 2. The molecule has 0 aliphatic carbocycles. The molecule has 1 aromatic carbocycles. The molecule has 7 nitrogen and oxygen atoms in total. The molecule has 22 heavy (non-hydrogen) atoms. The zero-order valence-corrected chi connectivity index (χ0v) is 13.1. The summed E-state index contributed by atoms with van der Waals surface area (Å²) >= 11 is 5.93. The van der Waals surface area contributed by atoms with Crippen LogP contribution in [0.15, 0.2) is 34.3 Å². The van der Waals surface area contributed by atoms with Crippen LogP contribution in [0, 0.1) is 0 Å². The Hall–Kier alpha value is -2.54. The van der Waals surface area contributed by atoms with Gasteiger partial charge in [-0.1, -0.05) is 11.6 Å². The maximum atomic E-state index is 11.6. The fraction of sp³-hybridized carbons (Fsp3) is 0.214. The number of hydrogen-bond acceptors (Lipinski definition) is 6. The second-order valence-corrected chi connectivity index (χ2v) is 4.66. The van der Waals surface area contributed by atoms with Crippen LogP contribution >= 0.6 is 11.6 Å². The van der Waals surface area contributed by atoms with Crippen LogP contribution in [0.4, 0.5) is 5.69 Å². The molecule has 2 aromatic rings. The molecule has 0 saturated heterocycles. The summed E-state index contributed by atoms with van der Waals surface area (Å²) in [4.78, 5) is 11.6. The van der Waals surface area contributed by atoms with Crippen molar-refractivity contribution in [2.45, 2.75) is 0 Å². The van der Waals surface area contributed by atoms with Crippen molar-refractivity contribution in [2.24, 2.45) is 12.1 Å². The van der Waals surface area contributed by atoms with Crippen LogP contribution in [-0.2, 0) is 7.05 Å². The van der Waals surface area contributed by atoms with Gasteiger partial charge in [0.15, 0.2) is 0 Å². The third-order valence-electron chi connectivity index (χ3n) is 2.90. The minimum atomic E-state index is -0.402. The van der Waals surface area contributed by atoms with Gasteiger partial charge in [0.05, 0.1) is 26.6 Å².